The summed E-state index contributed by atoms with van der Waals surface area (Å²) in [4.78, 5) is 11.7. The maximum Gasteiger partial charge on any atom is 0.407 e. The summed E-state index contributed by atoms with van der Waals surface area (Å²) in [5.41, 5.74) is -0.477. The van der Waals surface area contributed by atoms with Crippen molar-refractivity contribution >= 4 is 6.09 Å². The fraction of sp³-hybridized carbons (Fsp3) is 0.941. The van der Waals surface area contributed by atoms with Crippen LogP contribution in [0.2, 0.25) is 0 Å². The largest absolute Gasteiger partial charge is 0.444 e. The Labute approximate surface area is 136 Å². The topological polar surface area (TPSA) is 70.6 Å². The minimum absolute atomic E-state index is 0.114. The Morgan fingerprint density at radius 2 is 1.73 bits per heavy atom. The average Bonchev–Trinajstić information content (AvgIpc) is 2.33. The van der Waals surface area contributed by atoms with Crippen molar-refractivity contribution in [1.82, 2.24) is 10.6 Å². The molecular weight excluding hydrogens is 280 g/mol. The lowest BCUT2D eigenvalue weighted by Crippen LogP contribution is -2.43. The van der Waals surface area contributed by atoms with Crippen LogP contribution in [0.1, 0.15) is 54.9 Å². The van der Waals surface area contributed by atoms with Gasteiger partial charge in [-0.25, -0.2) is 4.79 Å². The number of nitrogens with one attached hydrogen (secondary N) is 2. The minimum atomic E-state index is -0.477. The van der Waals surface area contributed by atoms with Crippen molar-refractivity contribution in [3.8, 4) is 0 Å². The molecule has 2 unspecified atom stereocenters. The predicted molar refractivity (Wildman–Crippen MR) is 90.9 cm³/mol. The first kappa shape index (κ1) is 21.2. The normalized spacial score (nSPS) is 15.0. The summed E-state index contributed by atoms with van der Waals surface area (Å²) in [6.45, 7) is 15.6. The van der Waals surface area contributed by atoms with E-state index in [2.05, 4.69) is 38.3 Å². The lowest BCUT2D eigenvalue weighted by Gasteiger charge is -2.26. The van der Waals surface area contributed by atoms with Crippen LogP contribution in [-0.2, 0) is 4.74 Å². The van der Waals surface area contributed by atoms with E-state index in [1.54, 1.807) is 0 Å². The number of ether oxygens (including phenoxy) is 1. The molecule has 132 valence electrons. The first-order valence-electron chi connectivity index (χ1n) is 8.36. The molecule has 0 aliphatic heterocycles. The van der Waals surface area contributed by atoms with Gasteiger partial charge in [-0.2, -0.15) is 0 Å². The van der Waals surface area contributed by atoms with Gasteiger partial charge in [0.2, 0.25) is 0 Å². The molecule has 0 aromatic heterocycles. The van der Waals surface area contributed by atoms with E-state index >= 15 is 0 Å². The van der Waals surface area contributed by atoms with Crippen LogP contribution in [0.3, 0.4) is 0 Å². The Bertz CT molecular complexity index is 312. The Kier molecular flexibility index (Phi) is 9.69. The van der Waals surface area contributed by atoms with Crippen LogP contribution in [-0.4, -0.2) is 42.5 Å². The Morgan fingerprint density at radius 3 is 2.14 bits per heavy atom. The smallest absolute Gasteiger partial charge is 0.407 e. The molecule has 0 saturated heterocycles. The molecule has 0 aromatic rings. The van der Waals surface area contributed by atoms with Crippen LogP contribution in [0.15, 0.2) is 0 Å². The van der Waals surface area contributed by atoms with E-state index in [4.69, 9.17) is 4.74 Å². The molecule has 1 amide bonds. The molecule has 0 aliphatic carbocycles. The van der Waals surface area contributed by atoms with Crippen molar-refractivity contribution in [2.24, 2.45) is 17.8 Å². The number of aliphatic hydroxyl groups is 1. The van der Waals surface area contributed by atoms with Crippen LogP contribution in [0.25, 0.3) is 0 Å². The predicted octanol–water partition coefficient (Wildman–Crippen LogP) is 2.78. The molecule has 0 radical (unpaired) electrons. The van der Waals surface area contributed by atoms with E-state index in [9.17, 15) is 9.90 Å². The number of carbonyl (C=O) groups is 1. The minimum Gasteiger partial charge on any atom is -0.444 e. The van der Waals surface area contributed by atoms with Crippen molar-refractivity contribution in [2.45, 2.75) is 66.5 Å². The van der Waals surface area contributed by atoms with Gasteiger partial charge in [0, 0.05) is 19.1 Å². The van der Waals surface area contributed by atoms with Gasteiger partial charge >= 0.3 is 6.09 Å². The summed E-state index contributed by atoms with van der Waals surface area (Å²) in [6, 6.07) is 0.114. The molecule has 0 aliphatic rings. The second-order valence-corrected chi connectivity index (χ2v) is 7.80. The maximum absolute atomic E-state index is 11.7. The lowest BCUT2D eigenvalue weighted by molar-refractivity contribution is 0.0514. The number of hydrogen-bond donors (Lipinski definition) is 3. The van der Waals surface area contributed by atoms with Gasteiger partial charge in [-0.15, -0.1) is 0 Å². The Balaban J connectivity index is 4.29. The number of hydrogen-bond acceptors (Lipinski definition) is 4. The van der Waals surface area contributed by atoms with Gasteiger partial charge in [0.15, 0.2) is 0 Å². The summed E-state index contributed by atoms with van der Waals surface area (Å²) in [5, 5.41) is 15.7. The highest BCUT2D eigenvalue weighted by atomic mass is 16.6. The monoisotopic (exact) mass is 316 g/mol. The molecular formula is C17H36N2O3. The first-order chi connectivity index (χ1) is 10.0. The molecule has 0 rings (SSSR count). The molecule has 5 nitrogen and oxygen atoms in total. The summed E-state index contributed by atoms with van der Waals surface area (Å²) >= 11 is 0. The highest BCUT2D eigenvalue weighted by Gasteiger charge is 2.20. The number of alkyl carbamates (subject to hydrolysis) is 1. The van der Waals surface area contributed by atoms with Crippen molar-refractivity contribution in [3.05, 3.63) is 0 Å². The van der Waals surface area contributed by atoms with Gasteiger partial charge in [0.05, 0.1) is 6.61 Å². The molecule has 0 fully saturated rings. The summed E-state index contributed by atoms with van der Waals surface area (Å²) in [6.07, 6.45) is 0.569. The summed E-state index contributed by atoms with van der Waals surface area (Å²) in [5.74, 6) is 1.27. The van der Waals surface area contributed by atoms with Crippen LogP contribution >= 0.6 is 0 Å². The molecule has 0 aromatic carbocycles. The molecule has 0 bridgehead atoms. The quantitative estimate of drug-likeness (QED) is 0.612. The molecule has 5 heteroatoms. The van der Waals surface area contributed by atoms with Gasteiger partial charge < -0.3 is 20.5 Å². The fourth-order valence-electron chi connectivity index (χ4n) is 2.18. The molecule has 0 spiro atoms. The molecule has 2 atom stereocenters. The highest BCUT2D eigenvalue weighted by molar-refractivity contribution is 5.67. The van der Waals surface area contributed by atoms with Gasteiger partial charge in [-0.05, 0) is 44.9 Å². The van der Waals surface area contributed by atoms with E-state index in [1.807, 2.05) is 20.8 Å². The standard InChI is InChI=1S/C17H36N2O3/c1-12(2)8-15(11-20)18-9-14(13(3)4)10-19-16(21)22-17(5,6)7/h12-15,18,20H,8-11H2,1-7H3,(H,19,21). The molecule has 0 heterocycles. The second kappa shape index (κ2) is 10.1. The molecule has 22 heavy (non-hydrogen) atoms. The van der Waals surface area contributed by atoms with Crippen LogP contribution < -0.4 is 10.6 Å². The molecule has 3 N–H and O–H groups in total. The average molecular weight is 316 g/mol. The first-order valence-corrected chi connectivity index (χ1v) is 8.36. The maximum atomic E-state index is 11.7. The van der Waals surface area contributed by atoms with Crippen molar-refractivity contribution in [2.75, 3.05) is 19.7 Å². The third kappa shape index (κ3) is 10.9. The van der Waals surface area contributed by atoms with Crippen LogP contribution in [0, 0.1) is 17.8 Å². The van der Waals surface area contributed by atoms with Crippen molar-refractivity contribution in [3.63, 3.8) is 0 Å². The van der Waals surface area contributed by atoms with Gasteiger partial charge in [0.25, 0.3) is 0 Å². The highest BCUT2D eigenvalue weighted by Crippen LogP contribution is 2.12. The zero-order valence-corrected chi connectivity index (χ0v) is 15.4. The number of amides is 1. The number of carbonyl (C=O) groups excluding carboxylic acids is 1. The number of rotatable bonds is 9. The van der Waals surface area contributed by atoms with E-state index in [0.717, 1.165) is 13.0 Å². The molecule has 0 saturated carbocycles. The SMILES string of the molecule is CC(C)CC(CO)NCC(CNC(=O)OC(C)(C)C)C(C)C. The Morgan fingerprint density at radius 1 is 1.14 bits per heavy atom. The second-order valence-electron chi connectivity index (χ2n) is 7.80. The van der Waals surface area contributed by atoms with E-state index in [-0.39, 0.29) is 18.7 Å². The van der Waals surface area contributed by atoms with Crippen LogP contribution in [0.5, 0.6) is 0 Å². The summed E-state index contributed by atoms with van der Waals surface area (Å²) < 4.78 is 5.26. The van der Waals surface area contributed by atoms with E-state index in [0.29, 0.717) is 24.3 Å². The van der Waals surface area contributed by atoms with Gasteiger partial charge in [-0.1, -0.05) is 27.7 Å². The summed E-state index contributed by atoms with van der Waals surface area (Å²) in [7, 11) is 0. The fourth-order valence-corrected chi connectivity index (χ4v) is 2.18. The van der Waals surface area contributed by atoms with Crippen LogP contribution in [0.4, 0.5) is 4.79 Å². The van der Waals surface area contributed by atoms with Gasteiger partial charge in [0.1, 0.15) is 5.60 Å². The zero-order chi connectivity index (χ0) is 17.3. The Hall–Kier alpha value is -0.810. The lowest BCUT2D eigenvalue weighted by atomic mass is 9.95. The third-order valence-corrected chi connectivity index (χ3v) is 3.50. The zero-order valence-electron chi connectivity index (χ0n) is 15.4. The van der Waals surface area contributed by atoms with E-state index in [1.165, 1.54) is 0 Å². The third-order valence-electron chi connectivity index (χ3n) is 3.50. The van der Waals surface area contributed by atoms with E-state index < -0.39 is 5.60 Å². The number of aliphatic hydroxyl groups excluding tert-OH is 1. The van der Waals surface area contributed by atoms with Crippen molar-refractivity contribution in [1.29, 1.82) is 0 Å². The van der Waals surface area contributed by atoms with Gasteiger partial charge in [-0.3, -0.25) is 0 Å². The van der Waals surface area contributed by atoms with Crippen molar-refractivity contribution < 1.29 is 14.6 Å².